The van der Waals surface area contributed by atoms with E-state index in [1.54, 1.807) is 6.92 Å². The fourth-order valence-corrected chi connectivity index (χ4v) is 1.25. The predicted octanol–water partition coefficient (Wildman–Crippen LogP) is 1.61. The van der Waals surface area contributed by atoms with Crippen LogP contribution < -0.4 is 11.1 Å². The van der Waals surface area contributed by atoms with E-state index < -0.39 is 23.9 Å². The third-order valence-corrected chi connectivity index (χ3v) is 2.80. The van der Waals surface area contributed by atoms with Gasteiger partial charge < -0.3 is 16.3 Å². The topological polar surface area (TPSA) is 87.7 Å². The highest BCUT2D eigenvalue weighted by atomic mass is 19.4. The fraction of sp³-hybridized carbons (Fsp3) is 0.800. The molecule has 0 saturated carbocycles. The van der Waals surface area contributed by atoms with Crippen molar-refractivity contribution in [2.75, 3.05) is 6.54 Å². The van der Waals surface area contributed by atoms with E-state index in [4.69, 9.17) is 10.9 Å². The summed E-state index contributed by atoms with van der Waals surface area (Å²) in [6.07, 6.45) is -5.12. The van der Waals surface area contributed by atoms with Crippen molar-refractivity contribution in [2.45, 2.75) is 39.3 Å². The van der Waals surface area contributed by atoms with Gasteiger partial charge in [-0.05, 0) is 19.8 Å². The number of hydrogen-bond donors (Lipinski definition) is 3. The molecule has 8 heteroatoms. The molecule has 0 aliphatic rings. The van der Waals surface area contributed by atoms with E-state index in [0.29, 0.717) is 0 Å². The van der Waals surface area contributed by atoms with Crippen molar-refractivity contribution < 1.29 is 23.2 Å². The largest absolute Gasteiger partial charge is 0.409 e. The maximum absolute atomic E-state index is 11.9. The van der Waals surface area contributed by atoms with Crippen LogP contribution in [0.2, 0.25) is 0 Å². The molecular weight excluding hydrogens is 251 g/mol. The number of amidine groups is 1. The summed E-state index contributed by atoms with van der Waals surface area (Å²) in [7, 11) is 0. The Morgan fingerprint density at radius 3 is 2.39 bits per heavy atom. The minimum absolute atomic E-state index is 0.105. The van der Waals surface area contributed by atoms with Crippen molar-refractivity contribution in [2.24, 2.45) is 16.3 Å². The van der Waals surface area contributed by atoms with Gasteiger partial charge in [0.15, 0.2) is 5.84 Å². The lowest BCUT2D eigenvalue weighted by atomic mass is 9.85. The predicted molar refractivity (Wildman–Crippen MR) is 60.1 cm³/mol. The van der Waals surface area contributed by atoms with Gasteiger partial charge in [-0.1, -0.05) is 12.1 Å². The molecule has 0 aromatic rings. The number of halogens is 3. The molecule has 0 heterocycles. The second-order valence-corrected chi connectivity index (χ2v) is 4.15. The third-order valence-electron chi connectivity index (χ3n) is 2.80. The van der Waals surface area contributed by atoms with Gasteiger partial charge >= 0.3 is 6.18 Å². The van der Waals surface area contributed by atoms with E-state index >= 15 is 0 Å². The molecule has 0 spiro atoms. The number of amides is 1. The number of rotatable bonds is 6. The quantitative estimate of drug-likeness (QED) is 0.225. The summed E-state index contributed by atoms with van der Waals surface area (Å²) in [5.74, 6) is -0.819. The number of alkyl halides is 3. The van der Waals surface area contributed by atoms with Gasteiger partial charge in [-0.15, -0.1) is 0 Å². The second kappa shape index (κ2) is 6.46. The summed E-state index contributed by atoms with van der Waals surface area (Å²) in [5.41, 5.74) is 4.18. The van der Waals surface area contributed by atoms with Crippen molar-refractivity contribution in [1.29, 1.82) is 0 Å². The standard InChI is InChI=1S/C10H18F3N3O2/c1-3-9(2,7(14)16-18)8(17)15-6-4-5-10(11,12)13/h18H,3-6H2,1-2H3,(H2,14,16)(H,15,17). The Morgan fingerprint density at radius 2 is 2.00 bits per heavy atom. The number of carbonyl (C=O) groups is 1. The number of nitrogens with zero attached hydrogens (tertiary/aromatic N) is 1. The first-order valence-electron chi connectivity index (χ1n) is 5.50. The first kappa shape index (κ1) is 16.5. The highest BCUT2D eigenvalue weighted by Gasteiger charge is 2.36. The molecular formula is C10H18F3N3O2. The zero-order valence-electron chi connectivity index (χ0n) is 10.3. The molecule has 1 unspecified atom stereocenters. The van der Waals surface area contributed by atoms with Crippen LogP contribution in [0.15, 0.2) is 5.16 Å². The van der Waals surface area contributed by atoms with Gasteiger partial charge in [-0.2, -0.15) is 13.2 Å². The molecule has 0 aliphatic heterocycles. The Balaban J connectivity index is 4.31. The normalized spacial score (nSPS) is 16.2. The van der Waals surface area contributed by atoms with E-state index in [0.717, 1.165) is 0 Å². The highest BCUT2D eigenvalue weighted by molar-refractivity contribution is 6.06. The van der Waals surface area contributed by atoms with E-state index in [1.165, 1.54) is 6.92 Å². The van der Waals surface area contributed by atoms with Crippen molar-refractivity contribution >= 4 is 11.7 Å². The fourth-order valence-electron chi connectivity index (χ4n) is 1.25. The smallest absolute Gasteiger partial charge is 0.389 e. The average Bonchev–Trinajstić information content (AvgIpc) is 2.30. The molecule has 4 N–H and O–H groups in total. The van der Waals surface area contributed by atoms with E-state index in [-0.39, 0.29) is 25.2 Å². The molecule has 1 amide bonds. The van der Waals surface area contributed by atoms with Gasteiger partial charge in [-0.25, -0.2) is 0 Å². The summed E-state index contributed by atoms with van der Waals surface area (Å²) < 4.78 is 35.6. The molecule has 106 valence electrons. The van der Waals surface area contributed by atoms with Gasteiger partial charge in [-0.3, -0.25) is 4.79 Å². The summed E-state index contributed by atoms with van der Waals surface area (Å²) >= 11 is 0. The van der Waals surface area contributed by atoms with Crippen LogP contribution >= 0.6 is 0 Å². The second-order valence-electron chi connectivity index (χ2n) is 4.15. The van der Waals surface area contributed by atoms with Crippen molar-refractivity contribution in [3.05, 3.63) is 0 Å². The number of hydrogen-bond acceptors (Lipinski definition) is 3. The van der Waals surface area contributed by atoms with Crippen LogP contribution in [0.3, 0.4) is 0 Å². The lowest BCUT2D eigenvalue weighted by Gasteiger charge is -2.25. The first-order chi connectivity index (χ1) is 8.17. The van der Waals surface area contributed by atoms with Crippen molar-refractivity contribution in [1.82, 2.24) is 5.32 Å². The van der Waals surface area contributed by atoms with Crippen LogP contribution in [-0.2, 0) is 4.79 Å². The molecule has 0 aromatic carbocycles. The van der Waals surface area contributed by atoms with Crippen LogP contribution in [0, 0.1) is 5.41 Å². The van der Waals surface area contributed by atoms with Gasteiger partial charge in [0.05, 0.1) is 0 Å². The van der Waals surface area contributed by atoms with Crippen LogP contribution in [-0.4, -0.2) is 29.7 Å². The number of carbonyl (C=O) groups excluding carboxylic acids is 1. The van der Waals surface area contributed by atoms with Gasteiger partial charge in [0, 0.05) is 13.0 Å². The Kier molecular flexibility index (Phi) is 5.93. The zero-order valence-corrected chi connectivity index (χ0v) is 10.3. The molecule has 0 rings (SSSR count). The van der Waals surface area contributed by atoms with Gasteiger partial charge in [0.1, 0.15) is 5.41 Å². The SMILES string of the molecule is CCC(C)(C(=O)NCCCC(F)(F)F)C(N)=NO. The monoisotopic (exact) mass is 269 g/mol. The minimum atomic E-state index is -4.23. The lowest BCUT2D eigenvalue weighted by Crippen LogP contribution is -2.47. The van der Waals surface area contributed by atoms with Crippen LogP contribution in [0.25, 0.3) is 0 Å². The Bertz CT molecular complexity index is 318. The number of oxime groups is 1. The zero-order chi connectivity index (χ0) is 14.4. The highest BCUT2D eigenvalue weighted by Crippen LogP contribution is 2.23. The summed E-state index contributed by atoms with van der Waals surface area (Å²) in [4.78, 5) is 11.8. The Labute approximate surface area is 103 Å². The van der Waals surface area contributed by atoms with Crippen molar-refractivity contribution in [3.63, 3.8) is 0 Å². The van der Waals surface area contributed by atoms with Crippen LogP contribution in [0.1, 0.15) is 33.1 Å². The molecule has 5 nitrogen and oxygen atoms in total. The van der Waals surface area contributed by atoms with Crippen LogP contribution in [0.5, 0.6) is 0 Å². The summed E-state index contributed by atoms with van der Waals surface area (Å²) in [5, 5.41) is 13.7. The Morgan fingerprint density at radius 1 is 1.44 bits per heavy atom. The molecule has 0 bridgehead atoms. The van der Waals surface area contributed by atoms with E-state index in [2.05, 4.69) is 10.5 Å². The number of nitrogens with one attached hydrogen (secondary N) is 1. The van der Waals surface area contributed by atoms with E-state index in [9.17, 15) is 18.0 Å². The third kappa shape index (κ3) is 4.80. The van der Waals surface area contributed by atoms with Gasteiger partial charge in [0.2, 0.25) is 5.91 Å². The molecule has 0 aliphatic carbocycles. The average molecular weight is 269 g/mol. The van der Waals surface area contributed by atoms with Crippen molar-refractivity contribution in [3.8, 4) is 0 Å². The molecule has 0 saturated heterocycles. The minimum Gasteiger partial charge on any atom is -0.409 e. The molecule has 0 aromatic heterocycles. The molecule has 18 heavy (non-hydrogen) atoms. The molecule has 0 fully saturated rings. The summed E-state index contributed by atoms with van der Waals surface area (Å²) in [6.45, 7) is 3.02. The maximum atomic E-state index is 11.9. The summed E-state index contributed by atoms with van der Waals surface area (Å²) in [6, 6.07) is 0. The molecule has 0 radical (unpaired) electrons. The molecule has 1 atom stereocenters. The first-order valence-corrected chi connectivity index (χ1v) is 5.50. The van der Waals surface area contributed by atoms with Crippen LogP contribution in [0.4, 0.5) is 13.2 Å². The maximum Gasteiger partial charge on any atom is 0.389 e. The van der Waals surface area contributed by atoms with Gasteiger partial charge in [0.25, 0.3) is 0 Å². The number of nitrogens with two attached hydrogens (primary N) is 1. The Hall–Kier alpha value is -1.47. The van der Waals surface area contributed by atoms with E-state index in [1.807, 2.05) is 0 Å². The lowest BCUT2D eigenvalue weighted by molar-refractivity contribution is -0.137.